The summed E-state index contributed by atoms with van der Waals surface area (Å²) in [6.07, 6.45) is 0.932. The molecule has 0 saturated heterocycles. The molecule has 3 heteroatoms. The Kier molecular flexibility index (Phi) is 4.88. The lowest BCUT2D eigenvalue weighted by atomic mass is 9.86. The van der Waals surface area contributed by atoms with E-state index in [1.165, 1.54) is 27.1 Å². The number of hydrogen-bond donors (Lipinski definition) is 0. The highest BCUT2D eigenvalue weighted by Crippen LogP contribution is 2.38. The minimum atomic E-state index is -0.00890. The van der Waals surface area contributed by atoms with Gasteiger partial charge < -0.3 is 4.90 Å². The molecule has 2 nitrogen and oxygen atoms in total. The molecule has 0 fully saturated rings. The third-order valence-corrected chi connectivity index (χ3v) is 6.61. The molecule has 4 rings (SSSR count). The number of amides is 1. The van der Waals surface area contributed by atoms with E-state index in [-0.39, 0.29) is 17.4 Å². The van der Waals surface area contributed by atoms with Gasteiger partial charge in [-0.15, -0.1) is 11.3 Å². The fraction of sp³-hybridized carbons (Fsp3) is 0.320. The summed E-state index contributed by atoms with van der Waals surface area (Å²) in [4.78, 5) is 16.9. The number of nitrogens with zero attached hydrogens (tertiary/aromatic N) is 1. The average Bonchev–Trinajstić information content (AvgIpc) is 3.16. The number of carbonyl (C=O) groups excluding carboxylic acids is 1. The zero-order chi connectivity index (χ0) is 19.9. The summed E-state index contributed by atoms with van der Waals surface area (Å²) in [6.45, 7) is 9.44. The van der Waals surface area contributed by atoms with Crippen LogP contribution in [-0.2, 0) is 11.8 Å². The van der Waals surface area contributed by atoms with Crippen LogP contribution in [0.15, 0.2) is 60.0 Å². The van der Waals surface area contributed by atoms with Gasteiger partial charge in [0.2, 0.25) is 0 Å². The summed E-state index contributed by atoms with van der Waals surface area (Å²) in [5.74, 6) is 0.114. The highest BCUT2D eigenvalue weighted by atomic mass is 32.1. The molecule has 2 aromatic carbocycles. The van der Waals surface area contributed by atoms with Crippen LogP contribution in [0, 0.1) is 6.92 Å². The summed E-state index contributed by atoms with van der Waals surface area (Å²) in [7, 11) is 0. The maximum atomic E-state index is 13.5. The van der Waals surface area contributed by atoms with Gasteiger partial charge in [0, 0.05) is 17.0 Å². The Bertz CT molecular complexity index is 977. The van der Waals surface area contributed by atoms with Crippen LogP contribution in [0.3, 0.4) is 0 Å². The van der Waals surface area contributed by atoms with E-state index in [1.807, 2.05) is 17.0 Å². The van der Waals surface area contributed by atoms with Crippen LogP contribution in [0.2, 0.25) is 0 Å². The van der Waals surface area contributed by atoms with Crippen molar-refractivity contribution in [3.05, 3.63) is 92.7 Å². The molecule has 1 unspecified atom stereocenters. The molecule has 1 aliphatic heterocycles. The predicted octanol–water partition coefficient (Wildman–Crippen LogP) is 6.14. The molecule has 144 valence electrons. The van der Waals surface area contributed by atoms with Crippen LogP contribution in [-0.4, -0.2) is 17.4 Å². The van der Waals surface area contributed by atoms with Crippen molar-refractivity contribution in [1.82, 2.24) is 4.90 Å². The van der Waals surface area contributed by atoms with E-state index in [2.05, 4.69) is 75.5 Å². The van der Waals surface area contributed by atoms with E-state index in [0.717, 1.165) is 18.5 Å². The number of hydrogen-bond acceptors (Lipinski definition) is 2. The van der Waals surface area contributed by atoms with Crippen LogP contribution in [0.5, 0.6) is 0 Å². The lowest BCUT2D eigenvalue weighted by Gasteiger charge is -2.36. The van der Waals surface area contributed by atoms with Crippen molar-refractivity contribution in [2.75, 3.05) is 6.54 Å². The minimum absolute atomic E-state index is 0.00890. The van der Waals surface area contributed by atoms with Gasteiger partial charge in [-0.05, 0) is 59.0 Å². The van der Waals surface area contributed by atoms with E-state index in [4.69, 9.17) is 0 Å². The van der Waals surface area contributed by atoms with Gasteiger partial charge in [-0.25, -0.2) is 0 Å². The number of carbonyl (C=O) groups is 1. The fourth-order valence-corrected chi connectivity index (χ4v) is 4.83. The second-order valence-corrected chi connectivity index (χ2v) is 9.69. The first-order chi connectivity index (χ1) is 13.3. The molecule has 0 N–H and O–H groups in total. The molecule has 2 heterocycles. The molecule has 1 aromatic heterocycles. The maximum absolute atomic E-state index is 13.5. The van der Waals surface area contributed by atoms with Crippen molar-refractivity contribution in [2.45, 2.75) is 45.6 Å². The van der Waals surface area contributed by atoms with Gasteiger partial charge in [0.25, 0.3) is 5.91 Å². The Labute approximate surface area is 171 Å². The second kappa shape index (κ2) is 7.21. The largest absolute Gasteiger partial charge is 0.327 e. The highest BCUT2D eigenvalue weighted by Gasteiger charge is 2.33. The van der Waals surface area contributed by atoms with Gasteiger partial charge in [-0.3, -0.25) is 4.79 Å². The Morgan fingerprint density at radius 3 is 2.32 bits per heavy atom. The Morgan fingerprint density at radius 1 is 1.00 bits per heavy atom. The predicted molar refractivity (Wildman–Crippen MR) is 117 cm³/mol. The Morgan fingerprint density at radius 2 is 1.68 bits per heavy atom. The minimum Gasteiger partial charge on any atom is -0.327 e. The molecular weight excluding hydrogens is 362 g/mol. The Balaban J connectivity index is 1.71. The molecule has 0 spiro atoms. The van der Waals surface area contributed by atoms with Crippen LogP contribution in [0.25, 0.3) is 0 Å². The monoisotopic (exact) mass is 389 g/mol. The number of thiophene rings is 1. The number of rotatable bonds is 2. The molecule has 28 heavy (non-hydrogen) atoms. The van der Waals surface area contributed by atoms with Crippen LogP contribution >= 0.6 is 11.3 Å². The summed E-state index contributed by atoms with van der Waals surface area (Å²) < 4.78 is 0. The van der Waals surface area contributed by atoms with Crippen molar-refractivity contribution in [2.24, 2.45) is 0 Å². The van der Waals surface area contributed by atoms with E-state index in [9.17, 15) is 4.79 Å². The first kappa shape index (κ1) is 18.9. The summed E-state index contributed by atoms with van der Waals surface area (Å²) in [5.41, 5.74) is 5.80. The normalized spacial score (nSPS) is 16.7. The van der Waals surface area contributed by atoms with Crippen molar-refractivity contribution in [1.29, 1.82) is 0 Å². The summed E-state index contributed by atoms with van der Waals surface area (Å²) in [5, 5.41) is 2.15. The molecule has 0 saturated carbocycles. The molecule has 1 amide bonds. The first-order valence-corrected chi connectivity index (χ1v) is 10.8. The van der Waals surface area contributed by atoms with Crippen molar-refractivity contribution < 1.29 is 4.79 Å². The van der Waals surface area contributed by atoms with Gasteiger partial charge in [-0.1, -0.05) is 62.7 Å². The Hall–Kier alpha value is -2.39. The van der Waals surface area contributed by atoms with Gasteiger partial charge in [-0.2, -0.15) is 0 Å². The van der Waals surface area contributed by atoms with E-state index in [1.54, 1.807) is 11.3 Å². The zero-order valence-corrected chi connectivity index (χ0v) is 17.8. The fourth-order valence-electron chi connectivity index (χ4n) is 3.92. The standard InChI is InChI=1S/C25H27NOS/c1-17-5-7-18(8-6-17)23-21-14-16-28-22(21)13-15-26(23)24(27)19-9-11-20(12-10-19)25(2,3)4/h5-12,14,16,23H,13,15H2,1-4H3. The number of fused-ring (bicyclic) bond motifs is 1. The quantitative estimate of drug-likeness (QED) is 0.515. The van der Waals surface area contributed by atoms with Crippen molar-refractivity contribution in [3.63, 3.8) is 0 Å². The molecule has 1 atom stereocenters. The van der Waals surface area contributed by atoms with Gasteiger partial charge >= 0.3 is 0 Å². The molecule has 1 aliphatic rings. The summed E-state index contributed by atoms with van der Waals surface area (Å²) in [6, 6.07) is 18.9. The topological polar surface area (TPSA) is 20.3 Å². The van der Waals surface area contributed by atoms with E-state index >= 15 is 0 Å². The van der Waals surface area contributed by atoms with E-state index < -0.39 is 0 Å². The zero-order valence-electron chi connectivity index (χ0n) is 17.0. The van der Waals surface area contributed by atoms with E-state index in [0.29, 0.717) is 0 Å². The highest BCUT2D eigenvalue weighted by molar-refractivity contribution is 7.10. The van der Waals surface area contributed by atoms with Crippen LogP contribution < -0.4 is 0 Å². The maximum Gasteiger partial charge on any atom is 0.254 e. The van der Waals surface area contributed by atoms with Crippen LogP contribution in [0.4, 0.5) is 0 Å². The smallest absolute Gasteiger partial charge is 0.254 e. The van der Waals surface area contributed by atoms with Gasteiger partial charge in [0.05, 0.1) is 6.04 Å². The third kappa shape index (κ3) is 3.51. The summed E-state index contributed by atoms with van der Waals surface area (Å²) >= 11 is 1.80. The molecule has 0 radical (unpaired) electrons. The molecular formula is C25H27NOS. The molecule has 0 aliphatic carbocycles. The number of benzene rings is 2. The first-order valence-electron chi connectivity index (χ1n) is 9.89. The van der Waals surface area contributed by atoms with Crippen LogP contribution in [0.1, 0.15) is 64.3 Å². The SMILES string of the molecule is Cc1ccc(C2c3ccsc3CCN2C(=O)c2ccc(C(C)(C)C)cc2)cc1. The average molecular weight is 390 g/mol. The molecule has 0 bridgehead atoms. The number of aryl methyl sites for hydroxylation is 1. The van der Waals surface area contributed by atoms with Crippen molar-refractivity contribution >= 4 is 17.2 Å². The third-order valence-electron chi connectivity index (χ3n) is 5.62. The van der Waals surface area contributed by atoms with Crippen molar-refractivity contribution in [3.8, 4) is 0 Å². The van der Waals surface area contributed by atoms with Gasteiger partial charge in [0.1, 0.15) is 0 Å². The van der Waals surface area contributed by atoms with Gasteiger partial charge in [0.15, 0.2) is 0 Å². The lowest BCUT2D eigenvalue weighted by molar-refractivity contribution is 0.0696. The second-order valence-electron chi connectivity index (χ2n) is 8.69. The lowest BCUT2D eigenvalue weighted by Crippen LogP contribution is -2.40. The molecule has 3 aromatic rings.